The number of aliphatic hydroxyl groups excluding tert-OH is 1. The number of aliphatic imine (C=N–C) groups is 1. The molecule has 0 amide bonds. The van der Waals surface area contributed by atoms with E-state index in [2.05, 4.69) is 45.0 Å². The zero-order valence-corrected chi connectivity index (χ0v) is 16.2. The Balaban J connectivity index is 1.56. The quantitative estimate of drug-likeness (QED) is 0.367. The fraction of sp³-hybridized carbons (Fsp3) is 0.316. The van der Waals surface area contributed by atoms with Crippen molar-refractivity contribution in [3.63, 3.8) is 0 Å². The summed E-state index contributed by atoms with van der Waals surface area (Å²) in [6.45, 7) is 3.83. The van der Waals surface area contributed by atoms with Crippen LogP contribution in [0.5, 0.6) is 0 Å². The minimum Gasteiger partial charge on any atom is -0.386 e. The minimum absolute atomic E-state index is 0.291. The Morgan fingerprint density at radius 1 is 1.27 bits per heavy atom. The van der Waals surface area contributed by atoms with Crippen LogP contribution in [-0.2, 0) is 6.42 Å². The fourth-order valence-corrected chi connectivity index (χ4v) is 3.81. The van der Waals surface area contributed by atoms with Crippen LogP contribution in [0.2, 0.25) is 4.34 Å². The number of benzene rings is 1. The Bertz CT molecular complexity index is 873. The molecule has 3 rings (SSSR count). The van der Waals surface area contributed by atoms with Gasteiger partial charge in [0.1, 0.15) is 6.10 Å². The summed E-state index contributed by atoms with van der Waals surface area (Å²) in [6.07, 6.45) is 2.30. The maximum atomic E-state index is 10.2. The highest BCUT2D eigenvalue weighted by Crippen LogP contribution is 2.26. The lowest BCUT2D eigenvalue weighted by atomic mass is 10.1. The lowest BCUT2D eigenvalue weighted by Crippen LogP contribution is -2.38. The summed E-state index contributed by atoms with van der Waals surface area (Å²) in [7, 11) is 0. The van der Waals surface area contributed by atoms with Crippen LogP contribution < -0.4 is 10.6 Å². The molecule has 7 heteroatoms. The van der Waals surface area contributed by atoms with Crippen molar-refractivity contribution in [1.82, 2.24) is 15.6 Å². The average molecular weight is 391 g/mol. The van der Waals surface area contributed by atoms with Gasteiger partial charge in [0.05, 0.1) is 10.9 Å². The van der Waals surface area contributed by atoms with E-state index in [0.717, 1.165) is 29.9 Å². The normalized spacial score (nSPS) is 13.1. The van der Waals surface area contributed by atoms with Gasteiger partial charge >= 0.3 is 0 Å². The van der Waals surface area contributed by atoms with Crippen LogP contribution in [0.15, 0.2) is 47.6 Å². The van der Waals surface area contributed by atoms with Gasteiger partial charge in [0.2, 0.25) is 0 Å². The van der Waals surface area contributed by atoms with Crippen LogP contribution in [-0.4, -0.2) is 35.7 Å². The number of hydrogen-bond donors (Lipinski definition) is 4. The van der Waals surface area contributed by atoms with Crippen molar-refractivity contribution in [2.24, 2.45) is 4.99 Å². The molecule has 0 saturated heterocycles. The molecule has 1 aromatic carbocycles. The van der Waals surface area contributed by atoms with E-state index in [1.54, 1.807) is 6.07 Å². The first-order valence-electron chi connectivity index (χ1n) is 8.68. The van der Waals surface area contributed by atoms with Gasteiger partial charge in [-0.25, -0.2) is 0 Å². The average Bonchev–Trinajstić information content (AvgIpc) is 3.26. The summed E-state index contributed by atoms with van der Waals surface area (Å²) >= 11 is 7.30. The number of aliphatic hydroxyl groups is 1. The standard InChI is InChI=1S/C19H23ClN4OS/c1-2-21-19(24-12-16(25)17-7-8-18(20)26-17)22-10-9-13-11-23-15-6-4-3-5-14(13)15/h3-8,11,16,23,25H,2,9-10,12H2,1H3,(H2,21,22,24). The van der Waals surface area contributed by atoms with E-state index in [9.17, 15) is 5.11 Å². The molecule has 0 fully saturated rings. The van der Waals surface area contributed by atoms with Crippen LogP contribution in [0.1, 0.15) is 23.5 Å². The first kappa shape index (κ1) is 18.8. The third-order valence-corrected chi connectivity index (χ3v) is 5.38. The van der Waals surface area contributed by atoms with Crippen LogP contribution in [0, 0.1) is 0 Å². The molecule has 0 aliphatic carbocycles. The Labute approximate surface area is 162 Å². The molecule has 1 unspecified atom stereocenters. The van der Waals surface area contributed by atoms with Crippen LogP contribution in [0.4, 0.5) is 0 Å². The van der Waals surface area contributed by atoms with Crippen LogP contribution in [0.3, 0.4) is 0 Å². The van der Waals surface area contributed by atoms with E-state index in [1.165, 1.54) is 22.3 Å². The summed E-state index contributed by atoms with van der Waals surface area (Å²) in [5.41, 5.74) is 2.43. The van der Waals surface area contributed by atoms with Gasteiger partial charge in [0, 0.05) is 35.1 Å². The maximum absolute atomic E-state index is 10.2. The number of para-hydroxylation sites is 1. The molecule has 138 valence electrons. The number of thiophene rings is 1. The highest BCUT2D eigenvalue weighted by Gasteiger charge is 2.10. The Morgan fingerprint density at radius 3 is 2.88 bits per heavy atom. The molecule has 1 atom stereocenters. The second-order valence-corrected chi connectivity index (χ2v) is 7.66. The van der Waals surface area contributed by atoms with Crippen molar-refractivity contribution in [3.05, 3.63) is 57.4 Å². The molecule has 0 spiro atoms. The second kappa shape index (κ2) is 9.07. The SMILES string of the molecule is CCNC(=NCC(O)c1ccc(Cl)s1)NCCc1c[nH]c2ccccc12. The zero-order chi connectivity index (χ0) is 18.4. The molecule has 4 N–H and O–H groups in total. The minimum atomic E-state index is -0.642. The highest BCUT2D eigenvalue weighted by atomic mass is 35.5. The van der Waals surface area contributed by atoms with Gasteiger partial charge in [-0.3, -0.25) is 4.99 Å². The monoisotopic (exact) mass is 390 g/mol. The predicted octanol–water partition coefficient (Wildman–Crippen LogP) is 3.71. The fourth-order valence-electron chi connectivity index (χ4n) is 2.77. The number of aromatic amines is 1. The van der Waals surface area contributed by atoms with Crippen molar-refractivity contribution in [1.29, 1.82) is 0 Å². The van der Waals surface area contributed by atoms with E-state index in [-0.39, 0.29) is 0 Å². The number of rotatable bonds is 7. The third kappa shape index (κ3) is 4.78. The van der Waals surface area contributed by atoms with Crippen molar-refractivity contribution in [2.45, 2.75) is 19.4 Å². The van der Waals surface area contributed by atoms with Crippen molar-refractivity contribution in [2.75, 3.05) is 19.6 Å². The molecule has 2 heterocycles. The molecule has 0 radical (unpaired) electrons. The number of guanidine groups is 1. The molecular formula is C19H23ClN4OS. The molecule has 0 bridgehead atoms. The molecule has 0 saturated carbocycles. The van der Waals surface area contributed by atoms with Gasteiger partial charge in [-0.15, -0.1) is 11.3 Å². The van der Waals surface area contributed by atoms with Crippen molar-refractivity contribution >= 4 is 39.8 Å². The highest BCUT2D eigenvalue weighted by molar-refractivity contribution is 7.16. The van der Waals surface area contributed by atoms with E-state index >= 15 is 0 Å². The summed E-state index contributed by atoms with van der Waals surface area (Å²) in [5.74, 6) is 0.703. The van der Waals surface area contributed by atoms with Gasteiger partial charge < -0.3 is 20.7 Å². The molecular weight excluding hydrogens is 368 g/mol. The van der Waals surface area contributed by atoms with Gasteiger partial charge in [-0.2, -0.15) is 0 Å². The van der Waals surface area contributed by atoms with E-state index in [0.29, 0.717) is 16.8 Å². The molecule has 3 aromatic rings. The smallest absolute Gasteiger partial charge is 0.191 e. The molecule has 26 heavy (non-hydrogen) atoms. The molecule has 5 nitrogen and oxygen atoms in total. The summed E-state index contributed by atoms with van der Waals surface area (Å²) in [4.78, 5) is 8.60. The number of aromatic nitrogens is 1. The van der Waals surface area contributed by atoms with Crippen LogP contribution >= 0.6 is 22.9 Å². The van der Waals surface area contributed by atoms with Gasteiger partial charge in [-0.1, -0.05) is 29.8 Å². The Morgan fingerprint density at radius 2 is 2.12 bits per heavy atom. The Kier molecular flexibility index (Phi) is 6.55. The van der Waals surface area contributed by atoms with Gasteiger partial charge in [0.15, 0.2) is 5.96 Å². The number of nitrogens with zero attached hydrogens (tertiary/aromatic N) is 1. The topological polar surface area (TPSA) is 72.4 Å². The van der Waals surface area contributed by atoms with Crippen molar-refractivity contribution in [3.8, 4) is 0 Å². The largest absolute Gasteiger partial charge is 0.386 e. The first-order chi connectivity index (χ1) is 12.7. The van der Waals surface area contributed by atoms with E-state index in [1.807, 2.05) is 19.1 Å². The summed E-state index contributed by atoms with van der Waals surface area (Å²) in [5, 5.41) is 18.0. The summed E-state index contributed by atoms with van der Waals surface area (Å²) in [6, 6.07) is 11.9. The number of nitrogens with one attached hydrogen (secondary N) is 3. The van der Waals surface area contributed by atoms with E-state index < -0.39 is 6.10 Å². The predicted molar refractivity (Wildman–Crippen MR) is 110 cm³/mol. The maximum Gasteiger partial charge on any atom is 0.191 e. The van der Waals surface area contributed by atoms with E-state index in [4.69, 9.17) is 11.6 Å². The number of fused-ring (bicyclic) bond motifs is 1. The third-order valence-electron chi connectivity index (χ3n) is 4.05. The van der Waals surface area contributed by atoms with Gasteiger partial charge in [-0.05, 0) is 37.1 Å². The van der Waals surface area contributed by atoms with Crippen molar-refractivity contribution < 1.29 is 5.11 Å². The number of hydrogen-bond acceptors (Lipinski definition) is 3. The summed E-state index contributed by atoms with van der Waals surface area (Å²) < 4.78 is 0.673. The second-order valence-electron chi connectivity index (χ2n) is 5.91. The lowest BCUT2D eigenvalue weighted by Gasteiger charge is -2.12. The number of H-pyrrole nitrogens is 1. The van der Waals surface area contributed by atoms with Gasteiger partial charge in [0.25, 0.3) is 0 Å². The van der Waals surface area contributed by atoms with Crippen LogP contribution in [0.25, 0.3) is 10.9 Å². The molecule has 0 aliphatic heterocycles. The lowest BCUT2D eigenvalue weighted by molar-refractivity contribution is 0.191. The zero-order valence-electron chi connectivity index (χ0n) is 14.6. The molecule has 2 aromatic heterocycles. The number of halogens is 1. The first-order valence-corrected chi connectivity index (χ1v) is 9.87. The Hall–Kier alpha value is -2.02. The molecule has 0 aliphatic rings.